The summed E-state index contributed by atoms with van der Waals surface area (Å²) in [6.07, 6.45) is -0.616. The number of rotatable bonds is 1. The van der Waals surface area contributed by atoms with Crippen molar-refractivity contribution >= 4 is 29.3 Å². The van der Waals surface area contributed by atoms with Crippen LogP contribution in [0, 0.1) is 39.4 Å². The second-order valence-corrected chi connectivity index (χ2v) is 12.0. The Morgan fingerprint density at radius 1 is 1.06 bits per heavy atom. The molecule has 0 bridgehead atoms. The number of carbonyl (C=O) groups excluding carboxylic acids is 5. The van der Waals surface area contributed by atoms with Crippen LogP contribution in [0.1, 0.15) is 60.8 Å². The molecule has 0 aromatic rings. The zero-order valence-corrected chi connectivity index (χ0v) is 20.9. The van der Waals surface area contributed by atoms with Gasteiger partial charge in [0, 0.05) is 23.2 Å². The molecule has 0 spiro atoms. The number of fused-ring (bicyclic) bond motifs is 5. The van der Waals surface area contributed by atoms with E-state index in [1.807, 2.05) is 6.92 Å². The van der Waals surface area contributed by atoms with Gasteiger partial charge in [0.1, 0.15) is 11.9 Å². The van der Waals surface area contributed by atoms with Gasteiger partial charge in [0.25, 0.3) is 5.60 Å². The molecular weight excluding hydrogens is 440 g/mol. The van der Waals surface area contributed by atoms with Crippen LogP contribution in [0.2, 0.25) is 0 Å². The quantitative estimate of drug-likeness (QED) is 0.348. The van der Waals surface area contributed by atoms with Gasteiger partial charge in [-0.1, -0.05) is 39.8 Å². The number of aliphatic hydroxyl groups is 1. The van der Waals surface area contributed by atoms with Crippen molar-refractivity contribution in [3.05, 3.63) is 12.2 Å². The van der Waals surface area contributed by atoms with E-state index in [1.165, 1.54) is 6.92 Å². The van der Waals surface area contributed by atoms with E-state index in [0.29, 0.717) is 12.0 Å². The first-order chi connectivity index (χ1) is 15.5. The summed E-state index contributed by atoms with van der Waals surface area (Å²) in [5.74, 6) is -5.41. The number of aliphatic hydroxyl groups excluding tert-OH is 1. The lowest BCUT2D eigenvalue weighted by molar-refractivity contribution is -0.237. The second-order valence-electron chi connectivity index (χ2n) is 12.0. The van der Waals surface area contributed by atoms with E-state index in [-0.39, 0.29) is 18.6 Å². The summed E-state index contributed by atoms with van der Waals surface area (Å²) in [6, 6.07) is 0. The van der Waals surface area contributed by atoms with Crippen LogP contribution >= 0.6 is 0 Å². The lowest BCUT2D eigenvalue weighted by atomic mass is 9.34. The molecule has 4 fully saturated rings. The standard InChI is InChI=1S/C26H34O8/c1-12-11-13-23(4)10-9-14(27)22(2,3)16(23)15(28)18(29)25(13,6)17-19(30)34-26(7,21(32)33-8)20(31)24(12,17)5/h13,16-18,29H,1,9-11H2,2-8H3. The molecular formula is C26H34O8. The minimum atomic E-state index is -2.15. The van der Waals surface area contributed by atoms with Crippen LogP contribution in [0.25, 0.3) is 0 Å². The molecule has 186 valence electrons. The van der Waals surface area contributed by atoms with E-state index in [9.17, 15) is 29.1 Å². The molecule has 8 heteroatoms. The van der Waals surface area contributed by atoms with Crippen LogP contribution in [0.3, 0.4) is 0 Å². The lowest BCUT2D eigenvalue weighted by Gasteiger charge is -2.68. The van der Waals surface area contributed by atoms with Crippen molar-refractivity contribution in [1.82, 2.24) is 0 Å². The lowest BCUT2D eigenvalue weighted by Crippen LogP contribution is -2.75. The van der Waals surface area contributed by atoms with Gasteiger partial charge in [0.15, 0.2) is 11.6 Å². The van der Waals surface area contributed by atoms with Crippen LogP contribution in [-0.2, 0) is 33.4 Å². The summed E-state index contributed by atoms with van der Waals surface area (Å²) in [4.78, 5) is 66.5. The minimum absolute atomic E-state index is 0.0281. The number of hydrogen-bond donors (Lipinski definition) is 1. The van der Waals surface area contributed by atoms with Crippen LogP contribution in [0.4, 0.5) is 0 Å². The maximum absolute atomic E-state index is 13.8. The summed E-state index contributed by atoms with van der Waals surface area (Å²) >= 11 is 0. The topological polar surface area (TPSA) is 124 Å². The first kappa shape index (κ1) is 24.8. The smallest absolute Gasteiger partial charge is 0.358 e. The predicted octanol–water partition coefficient (Wildman–Crippen LogP) is 2.20. The molecule has 8 atom stereocenters. The Kier molecular flexibility index (Phi) is 5.00. The summed E-state index contributed by atoms with van der Waals surface area (Å²) in [5.41, 5.74) is -6.29. The molecule has 8 unspecified atom stereocenters. The Labute approximate surface area is 199 Å². The van der Waals surface area contributed by atoms with Crippen LogP contribution in [0.15, 0.2) is 12.2 Å². The highest BCUT2D eigenvalue weighted by molar-refractivity contribution is 6.15. The van der Waals surface area contributed by atoms with Gasteiger partial charge in [0.05, 0.1) is 18.4 Å². The Morgan fingerprint density at radius 3 is 2.21 bits per heavy atom. The summed E-state index contributed by atoms with van der Waals surface area (Å²) < 4.78 is 10.2. The zero-order valence-electron chi connectivity index (χ0n) is 20.9. The first-order valence-electron chi connectivity index (χ1n) is 11.8. The average molecular weight is 475 g/mol. The zero-order chi connectivity index (χ0) is 25.8. The van der Waals surface area contributed by atoms with E-state index in [2.05, 4.69) is 6.58 Å². The number of hydrogen-bond acceptors (Lipinski definition) is 8. The summed E-state index contributed by atoms with van der Waals surface area (Å²) in [7, 11) is 1.10. The Balaban J connectivity index is 1.93. The molecule has 3 aliphatic carbocycles. The van der Waals surface area contributed by atoms with Crippen molar-refractivity contribution < 1.29 is 38.6 Å². The van der Waals surface area contributed by atoms with Crippen molar-refractivity contribution in [2.75, 3.05) is 7.11 Å². The third-order valence-corrected chi connectivity index (χ3v) is 10.1. The predicted molar refractivity (Wildman–Crippen MR) is 119 cm³/mol. The van der Waals surface area contributed by atoms with Gasteiger partial charge in [-0.2, -0.15) is 0 Å². The number of cyclic esters (lactones) is 1. The van der Waals surface area contributed by atoms with Gasteiger partial charge >= 0.3 is 11.9 Å². The highest BCUT2D eigenvalue weighted by Gasteiger charge is 2.77. The molecule has 0 aromatic heterocycles. The highest BCUT2D eigenvalue weighted by Crippen LogP contribution is 2.71. The number of Topliss-reactive ketones (excluding diaryl/α,β-unsaturated/α-hetero) is 3. The van der Waals surface area contributed by atoms with Gasteiger partial charge < -0.3 is 14.6 Å². The van der Waals surface area contributed by atoms with Crippen molar-refractivity contribution in [3.63, 3.8) is 0 Å². The number of ether oxygens (including phenoxy) is 2. The van der Waals surface area contributed by atoms with E-state index < -0.39 is 74.6 Å². The third-order valence-electron chi connectivity index (χ3n) is 10.1. The maximum Gasteiger partial charge on any atom is 0.358 e. The molecule has 0 radical (unpaired) electrons. The normalized spacial score (nSPS) is 47.8. The number of ketones is 3. The molecule has 0 amide bonds. The number of esters is 2. The monoisotopic (exact) mass is 474 g/mol. The van der Waals surface area contributed by atoms with Crippen LogP contribution < -0.4 is 0 Å². The van der Waals surface area contributed by atoms with Gasteiger partial charge in [-0.25, -0.2) is 4.79 Å². The first-order valence-corrected chi connectivity index (χ1v) is 11.8. The molecule has 3 saturated carbocycles. The van der Waals surface area contributed by atoms with Gasteiger partial charge in [0.2, 0.25) is 0 Å². The fourth-order valence-electron chi connectivity index (χ4n) is 8.27. The molecule has 4 aliphatic rings. The van der Waals surface area contributed by atoms with Crippen molar-refractivity contribution in [2.24, 2.45) is 39.4 Å². The molecule has 34 heavy (non-hydrogen) atoms. The Morgan fingerprint density at radius 2 is 1.65 bits per heavy atom. The SMILES string of the molecule is C=C1CC2C3(C)CCC(=O)C(C)(C)C3C(=O)C(O)C2(C)C2C(=O)OC(C)(C(=O)OC)C(=O)C12C. The largest absolute Gasteiger partial charge is 0.466 e. The highest BCUT2D eigenvalue weighted by atomic mass is 16.6. The van der Waals surface area contributed by atoms with Crippen LogP contribution in [0.5, 0.6) is 0 Å². The molecule has 0 aromatic carbocycles. The van der Waals surface area contributed by atoms with E-state index in [1.54, 1.807) is 27.7 Å². The van der Waals surface area contributed by atoms with Crippen LogP contribution in [-0.4, -0.2) is 53.2 Å². The van der Waals surface area contributed by atoms with Gasteiger partial charge in [-0.3, -0.25) is 19.2 Å². The van der Waals surface area contributed by atoms with E-state index >= 15 is 0 Å². The second kappa shape index (κ2) is 6.86. The van der Waals surface area contributed by atoms with E-state index in [0.717, 1.165) is 7.11 Å². The minimum Gasteiger partial charge on any atom is -0.466 e. The molecule has 1 N–H and O–H groups in total. The molecule has 1 heterocycles. The Bertz CT molecular complexity index is 1060. The molecule has 4 rings (SSSR count). The summed E-state index contributed by atoms with van der Waals surface area (Å²) in [5, 5.41) is 11.5. The molecule has 1 saturated heterocycles. The molecule has 8 nitrogen and oxygen atoms in total. The van der Waals surface area contributed by atoms with Crippen molar-refractivity contribution in [3.8, 4) is 0 Å². The fourth-order valence-corrected chi connectivity index (χ4v) is 8.27. The Hall–Kier alpha value is -2.35. The fraction of sp³-hybridized carbons (Fsp3) is 0.731. The third kappa shape index (κ3) is 2.50. The number of carbonyl (C=O) groups is 5. The number of allylic oxidation sites excluding steroid dienone is 1. The summed E-state index contributed by atoms with van der Waals surface area (Å²) in [6.45, 7) is 14.0. The maximum atomic E-state index is 13.8. The van der Waals surface area contributed by atoms with Crippen molar-refractivity contribution in [1.29, 1.82) is 0 Å². The van der Waals surface area contributed by atoms with Gasteiger partial charge in [-0.05, 0) is 38.0 Å². The van der Waals surface area contributed by atoms with Gasteiger partial charge in [-0.15, -0.1) is 0 Å². The van der Waals surface area contributed by atoms with E-state index in [4.69, 9.17) is 9.47 Å². The molecule has 1 aliphatic heterocycles. The average Bonchev–Trinajstić information content (AvgIpc) is 2.75. The number of methoxy groups -OCH3 is 1. The van der Waals surface area contributed by atoms with Crippen molar-refractivity contribution in [2.45, 2.75) is 72.5 Å².